The molecule has 1 aromatic heterocycles. The highest BCUT2D eigenvalue weighted by Gasteiger charge is 2.44. The van der Waals surface area contributed by atoms with Crippen LogP contribution in [0.2, 0.25) is 5.02 Å². The molecule has 0 saturated heterocycles. The molecule has 94 valence electrons. The Bertz CT molecular complexity index is 452. The molecule has 0 aromatic carbocycles. The van der Waals surface area contributed by atoms with Crippen molar-refractivity contribution >= 4 is 17.6 Å². The van der Waals surface area contributed by atoms with Gasteiger partial charge >= 0.3 is 5.97 Å². The van der Waals surface area contributed by atoms with Crippen molar-refractivity contribution in [3.63, 3.8) is 0 Å². The second kappa shape index (κ2) is 4.31. The largest absolute Gasteiger partial charge is 0.480 e. The Kier molecular flexibility index (Phi) is 3.14. The van der Waals surface area contributed by atoms with E-state index in [1.54, 1.807) is 4.68 Å². The molecule has 1 aliphatic carbocycles. The average molecular weight is 258 g/mol. The van der Waals surface area contributed by atoms with E-state index in [1.807, 2.05) is 14.0 Å². The average Bonchev–Trinajstić information content (AvgIpc) is 2.41. The molecule has 2 N–H and O–H groups in total. The van der Waals surface area contributed by atoms with Crippen molar-refractivity contribution < 1.29 is 9.90 Å². The Hall–Kier alpha value is -1.07. The number of hydrogen-bond acceptors (Lipinski definition) is 3. The highest BCUT2D eigenvalue weighted by atomic mass is 35.5. The van der Waals surface area contributed by atoms with E-state index < -0.39 is 11.5 Å². The molecule has 0 spiro atoms. The number of nitrogens with zero attached hydrogens (tertiary/aromatic N) is 2. The lowest BCUT2D eigenvalue weighted by Gasteiger charge is -2.38. The maximum atomic E-state index is 11.2. The number of aromatic nitrogens is 2. The molecule has 1 fully saturated rings. The Morgan fingerprint density at radius 2 is 2.29 bits per heavy atom. The monoisotopic (exact) mass is 257 g/mol. The van der Waals surface area contributed by atoms with Crippen LogP contribution < -0.4 is 5.32 Å². The van der Waals surface area contributed by atoms with Gasteiger partial charge in [-0.25, -0.2) is 0 Å². The van der Waals surface area contributed by atoms with Gasteiger partial charge in [-0.1, -0.05) is 11.6 Å². The van der Waals surface area contributed by atoms with Crippen molar-refractivity contribution in [2.45, 2.75) is 38.3 Å². The molecule has 1 heterocycles. The zero-order chi connectivity index (χ0) is 12.6. The lowest BCUT2D eigenvalue weighted by molar-refractivity contribution is -0.148. The number of carboxylic acid groups (broad SMARTS) is 1. The Morgan fingerprint density at radius 1 is 1.65 bits per heavy atom. The minimum atomic E-state index is -0.779. The van der Waals surface area contributed by atoms with E-state index in [2.05, 4.69) is 10.4 Å². The van der Waals surface area contributed by atoms with Crippen molar-refractivity contribution in [1.82, 2.24) is 15.1 Å². The van der Waals surface area contributed by atoms with Crippen LogP contribution in [0.15, 0.2) is 0 Å². The Balaban J connectivity index is 2.09. The zero-order valence-corrected chi connectivity index (χ0v) is 10.7. The predicted molar refractivity (Wildman–Crippen MR) is 64.0 cm³/mol. The van der Waals surface area contributed by atoms with E-state index in [9.17, 15) is 9.90 Å². The third kappa shape index (κ3) is 2.05. The van der Waals surface area contributed by atoms with Crippen LogP contribution in [-0.4, -0.2) is 26.4 Å². The molecule has 17 heavy (non-hydrogen) atoms. The van der Waals surface area contributed by atoms with Crippen molar-refractivity contribution in [3.8, 4) is 0 Å². The van der Waals surface area contributed by atoms with Crippen molar-refractivity contribution in [3.05, 3.63) is 16.4 Å². The number of aliphatic carboxylic acids is 1. The molecule has 0 bridgehead atoms. The van der Waals surface area contributed by atoms with Gasteiger partial charge in [0.05, 0.1) is 16.4 Å². The van der Waals surface area contributed by atoms with Gasteiger partial charge < -0.3 is 5.11 Å². The van der Waals surface area contributed by atoms with Gasteiger partial charge in [0.15, 0.2) is 0 Å². The molecule has 5 nitrogen and oxygen atoms in total. The predicted octanol–water partition coefficient (Wildman–Crippen LogP) is 1.48. The number of nitrogens with one attached hydrogen (secondary N) is 1. The van der Waals surface area contributed by atoms with E-state index in [-0.39, 0.29) is 0 Å². The van der Waals surface area contributed by atoms with Gasteiger partial charge in [0, 0.05) is 13.6 Å². The molecule has 0 aliphatic heterocycles. The molecular weight excluding hydrogens is 242 g/mol. The molecule has 6 heteroatoms. The summed E-state index contributed by atoms with van der Waals surface area (Å²) in [5, 5.41) is 17.1. The first kappa shape index (κ1) is 12.4. The van der Waals surface area contributed by atoms with Gasteiger partial charge in [0.2, 0.25) is 0 Å². The third-order valence-corrected chi connectivity index (χ3v) is 3.96. The first-order chi connectivity index (χ1) is 7.96. The van der Waals surface area contributed by atoms with Crippen LogP contribution in [0, 0.1) is 6.92 Å². The van der Waals surface area contributed by atoms with E-state index in [4.69, 9.17) is 11.6 Å². The Morgan fingerprint density at radius 3 is 2.65 bits per heavy atom. The van der Waals surface area contributed by atoms with Crippen molar-refractivity contribution in [2.24, 2.45) is 7.05 Å². The van der Waals surface area contributed by atoms with Crippen LogP contribution in [-0.2, 0) is 18.4 Å². The summed E-state index contributed by atoms with van der Waals surface area (Å²) in [5.74, 6) is -0.779. The maximum Gasteiger partial charge on any atom is 0.323 e. The van der Waals surface area contributed by atoms with Crippen LogP contribution >= 0.6 is 11.6 Å². The molecular formula is C11H16ClN3O2. The topological polar surface area (TPSA) is 67.2 Å². The molecule has 0 amide bonds. The normalized spacial score (nSPS) is 17.8. The molecule has 0 atom stereocenters. The van der Waals surface area contributed by atoms with Gasteiger partial charge in [-0.2, -0.15) is 5.10 Å². The van der Waals surface area contributed by atoms with Crippen LogP contribution in [0.3, 0.4) is 0 Å². The van der Waals surface area contributed by atoms with E-state index in [1.165, 1.54) is 0 Å². The lowest BCUT2D eigenvalue weighted by Crippen LogP contribution is -2.56. The fourth-order valence-electron chi connectivity index (χ4n) is 2.12. The first-order valence-electron chi connectivity index (χ1n) is 5.63. The van der Waals surface area contributed by atoms with Gasteiger partial charge in [-0.3, -0.25) is 14.8 Å². The quantitative estimate of drug-likeness (QED) is 0.857. The van der Waals surface area contributed by atoms with Gasteiger partial charge in [0.1, 0.15) is 5.54 Å². The molecule has 2 rings (SSSR count). The summed E-state index contributed by atoms with van der Waals surface area (Å²) < 4.78 is 1.69. The summed E-state index contributed by atoms with van der Waals surface area (Å²) in [6.07, 6.45) is 2.31. The minimum Gasteiger partial charge on any atom is -0.480 e. The number of halogens is 1. The summed E-state index contributed by atoms with van der Waals surface area (Å²) in [5.41, 5.74) is 0.835. The Labute approximate surface area is 105 Å². The molecule has 0 unspecified atom stereocenters. The van der Waals surface area contributed by atoms with Crippen molar-refractivity contribution in [2.75, 3.05) is 0 Å². The fraction of sp³-hybridized carbons (Fsp3) is 0.636. The lowest BCUT2D eigenvalue weighted by atomic mass is 9.77. The fourth-order valence-corrected chi connectivity index (χ4v) is 2.35. The highest BCUT2D eigenvalue weighted by Crippen LogP contribution is 2.32. The highest BCUT2D eigenvalue weighted by molar-refractivity contribution is 6.31. The van der Waals surface area contributed by atoms with Crippen LogP contribution in [0.1, 0.15) is 30.7 Å². The van der Waals surface area contributed by atoms with Gasteiger partial charge in [0.25, 0.3) is 0 Å². The second-order valence-electron chi connectivity index (χ2n) is 4.56. The summed E-state index contributed by atoms with van der Waals surface area (Å²) in [7, 11) is 1.81. The molecule has 1 saturated carbocycles. The first-order valence-corrected chi connectivity index (χ1v) is 6.00. The zero-order valence-electron chi connectivity index (χ0n) is 9.96. The standard InChI is InChI=1S/C11H16ClN3O2/c1-7-9(12)8(15(2)14-7)6-13-11(10(16)17)4-3-5-11/h13H,3-6H2,1-2H3,(H,16,17). The molecule has 1 aliphatic rings. The number of hydrogen-bond donors (Lipinski definition) is 2. The molecule has 1 aromatic rings. The number of carbonyl (C=O) groups is 1. The van der Waals surface area contributed by atoms with Crippen LogP contribution in [0.25, 0.3) is 0 Å². The summed E-state index contributed by atoms with van der Waals surface area (Å²) in [6, 6.07) is 0. The summed E-state index contributed by atoms with van der Waals surface area (Å²) in [6.45, 7) is 2.27. The summed E-state index contributed by atoms with van der Waals surface area (Å²) in [4.78, 5) is 11.2. The number of carboxylic acids is 1. The van der Waals surface area contributed by atoms with Crippen LogP contribution in [0.4, 0.5) is 0 Å². The van der Waals surface area contributed by atoms with E-state index in [0.717, 1.165) is 17.8 Å². The smallest absolute Gasteiger partial charge is 0.323 e. The minimum absolute atomic E-state index is 0.433. The maximum absolute atomic E-state index is 11.2. The van der Waals surface area contributed by atoms with E-state index >= 15 is 0 Å². The molecule has 0 radical (unpaired) electrons. The number of aryl methyl sites for hydroxylation is 2. The van der Waals surface area contributed by atoms with Crippen LogP contribution in [0.5, 0.6) is 0 Å². The van der Waals surface area contributed by atoms with Crippen molar-refractivity contribution in [1.29, 1.82) is 0 Å². The SMILES string of the molecule is Cc1nn(C)c(CNC2(C(=O)O)CCC2)c1Cl. The third-order valence-electron chi connectivity index (χ3n) is 3.47. The summed E-state index contributed by atoms with van der Waals surface area (Å²) >= 11 is 6.11. The second-order valence-corrected chi connectivity index (χ2v) is 4.94. The van der Waals surface area contributed by atoms with E-state index in [0.29, 0.717) is 24.4 Å². The number of rotatable bonds is 4. The van der Waals surface area contributed by atoms with Gasteiger partial charge in [-0.05, 0) is 26.2 Å². The van der Waals surface area contributed by atoms with Gasteiger partial charge in [-0.15, -0.1) is 0 Å².